The first-order chi connectivity index (χ1) is 14.4. The fraction of sp³-hybridized carbons (Fsp3) is 0.682. The average Bonchev–Trinajstić information content (AvgIpc) is 2.78. The van der Waals surface area contributed by atoms with E-state index in [1.807, 2.05) is 7.05 Å². The summed E-state index contributed by atoms with van der Waals surface area (Å²) in [5.74, 6) is -0.412. The van der Waals surface area contributed by atoms with Crippen LogP contribution in [0.2, 0.25) is 0 Å². The first-order valence-corrected chi connectivity index (χ1v) is 10.8. The van der Waals surface area contributed by atoms with Gasteiger partial charge in [0.15, 0.2) is 0 Å². The number of amides is 1. The van der Waals surface area contributed by atoms with Crippen molar-refractivity contribution in [3.8, 4) is 0 Å². The third kappa shape index (κ3) is 5.56. The van der Waals surface area contributed by atoms with Gasteiger partial charge in [0, 0.05) is 25.5 Å². The number of aliphatic hydroxyl groups excluding tert-OH is 2. The number of piperidine rings is 1. The minimum Gasteiger partial charge on any atom is -0.462 e. The summed E-state index contributed by atoms with van der Waals surface area (Å²) in [5, 5.41) is 20.6. The Morgan fingerprint density at radius 2 is 1.90 bits per heavy atom. The number of hydrogen-bond donors (Lipinski definition) is 2. The van der Waals surface area contributed by atoms with E-state index in [2.05, 4.69) is 9.88 Å². The van der Waals surface area contributed by atoms with Crippen LogP contribution < -0.4 is 0 Å². The Hall–Kier alpha value is -2.03. The minimum atomic E-state index is -1.17. The number of cyclic esters (lactones) is 1. The lowest BCUT2D eigenvalue weighted by Gasteiger charge is -2.39. The molecule has 8 nitrogen and oxygen atoms in total. The molecule has 0 radical (unpaired) electrons. The molecule has 0 unspecified atom stereocenters. The Labute approximate surface area is 177 Å². The standard InChI is InChI=1S/C22H33N3O5/c1-24-13-8-22(9-14-24)7-2-3-11-25(20(28)17-5-4-10-23-15-17)12-6-18(26)19(27)16-30-21(22)29/h4-5,10,15,18-19,26-27H,2-3,6-9,11-14,16H2,1H3/t18-,19+/m0/s1. The van der Waals surface area contributed by atoms with E-state index in [1.165, 1.54) is 6.20 Å². The van der Waals surface area contributed by atoms with Crippen molar-refractivity contribution in [2.45, 2.75) is 50.7 Å². The van der Waals surface area contributed by atoms with Crippen LogP contribution in [0.3, 0.4) is 0 Å². The van der Waals surface area contributed by atoms with Crippen LogP contribution in [0.1, 0.15) is 48.9 Å². The van der Waals surface area contributed by atoms with Crippen LogP contribution in [0.5, 0.6) is 0 Å². The normalized spacial score (nSPS) is 26.9. The van der Waals surface area contributed by atoms with Crippen molar-refractivity contribution < 1.29 is 24.5 Å². The molecule has 0 saturated carbocycles. The monoisotopic (exact) mass is 419 g/mol. The number of carbonyl (C=O) groups is 2. The second-order valence-corrected chi connectivity index (χ2v) is 8.60. The molecule has 2 saturated heterocycles. The number of rotatable bonds is 1. The maximum Gasteiger partial charge on any atom is 0.312 e. The van der Waals surface area contributed by atoms with Gasteiger partial charge >= 0.3 is 5.97 Å². The van der Waals surface area contributed by atoms with Gasteiger partial charge in [-0.3, -0.25) is 14.6 Å². The quantitative estimate of drug-likeness (QED) is 0.657. The molecule has 0 bridgehead atoms. The van der Waals surface area contributed by atoms with E-state index < -0.39 is 17.6 Å². The Kier molecular flexibility index (Phi) is 7.80. The summed E-state index contributed by atoms with van der Waals surface area (Å²) in [6.07, 6.45) is 4.83. The number of nitrogens with zero attached hydrogens (tertiary/aromatic N) is 3. The molecular weight excluding hydrogens is 386 g/mol. The van der Waals surface area contributed by atoms with E-state index >= 15 is 0 Å². The van der Waals surface area contributed by atoms with Crippen LogP contribution in [-0.4, -0.2) is 88.9 Å². The van der Waals surface area contributed by atoms with Gasteiger partial charge < -0.3 is 24.7 Å². The smallest absolute Gasteiger partial charge is 0.312 e. The van der Waals surface area contributed by atoms with Gasteiger partial charge in [-0.1, -0.05) is 6.42 Å². The number of aliphatic hydroxyl groups is 2. The van der Waals surface area contributed by atoms with Gasteiger partial charge in [-0.15, -0.1) is 0 Å². The van der Waals surface area contributed by atoms with Gasteiger partial charge in [0.2, 0.25) is 0 Å². The number of hydrogen-bond acceptors (Lipinski definition) is 7. The number of likely N-dealkylation sites (tertiary alicyclic amines) is 1. The molecule has 3 heterocycles. The Morgan fingerprint density at radius 1 is 1.13 bits per heavy atom. The van der Waals surface area contributed by atoms with Gasteiger partial charge in [-0.2, -0.15) is 0 Å². The third-order valence-corrected chi connectivity index (χ3v) is 6.43. The molecule has 2 aliphatic heterocycles. The van der Waals surface area contributed by atoms with Gasteiger partial charge in [0.05, 0.1) is 17.1 Å². The highest BCUT2D eigenvalue weighted by Gasteiger charge is 2.42. The Morgan fingerprint density at radius 3 is 2.60 bits per heavy atom. The SMILES string of the molecule is CN1CCC2(CCCCN(C(=O)c3cccnc3)CC[C@H](O)[C@H](O)COC2=O)CC1. The van der Waals surface area contributed by atoms with Crippen molar-refractivity contribution in [3.63, 3.8) is 0 Å². The molecule has 1 aromatic heterocycles. The maximum atomic E-state index is 12.9. The van der Waals surface area contributed by atoms with E-state index in [0.29, 0.717) is 25.1 Å². The summed E-state index contributed by atoms with van der Waals surface area (Å²) in [5.41, 5.74) is -0.0502. The van der Waals surface area contributed by atoms with Crippen LogP contribution in [0.4, 0.5) is 0 Å². The van der Waals surface area contributed by atoms with Crippen LogP contribution in [0.25, 0.3) is 0 Å². The molecule has 30 heavy (non-hydrogen) atoms. The predicted molar refractivity (Wildman–Crippen MR) is 111 cm³/mol. The van der Waals surface area contributed by atoms with Crippen LogP contribution >= 0.6 is 0 Å². The average molecular weight is 420 g/mol. The lowest BCUT2D eigenvalue weighted by Crippen LogP contribution is -2.45. The largest absolute Gasteiger partial charge is 0.462 e. The zero-order valence-electron chi connectivity index (χ0n) is 17.7. The molecule has 2 N–H and O–H groups in total. The van der Waals surface area contributed by atoms with E-state index in [4.69, 9.17) is 4.74 Å². The molecule has 1 aromatic rings. The molecule has 1 amide bonds. The highest BCUT2D eigenvalue weighted by molar-refractivity contribution is 5.93. The van der Waals surface area contributed by atoms with E-state index in [1.54, 1.807) is 23.2 Å². The van der Waals surface area contributed by atoms with Gasteiger partial charge in [0.1, 0.15) is 12.7 Å². The zero-order valence-corrected chi connectivity index (χ0v) is 17.7. The summed E-state index contributed by atoms with van der Waals surface area (Å²) in [6, 6.07) is 3.45. The summed E-state index contributed by atoms with van der Waals surface area (Å²) in [6.45, 7) is 2.27. The van der Waals surface area contributed by atoms with Gasteiger partial charge in [0.25, 0.3) is 5.91 Å². The van der Waals surface area contributed by atoms with E-state index in [-0.39, 0.29) is 24.9 Å². The first kappa shape index (κ1) is 22.7. The van der Waals surface area contributed by atoms with Crippen molar-refractivity contribution in [1.82, 2.24) is 14.8 Å². The molecule has 8 heteroatoms. The zero-order chi connectivity index (χ0) is 21.6. The summed E-state index contributed by atoms with van der Waals surface area (Å²) < 4.78 is 5.45. The molecule has 1 spiro atoms. The molecule has 3 rings (SSSR count). The second-order valence-electron chi connectivity index (χ2n) is 8.60. The minimum absolute atomic E-state index is 0.138. The Balaban J connectivity index is 1.73. The number of ether oxygens (including phenoxy) is 1. The van der Waals surface area contributed by atoms with Gasteiger partial charge in [-0.05, 0) is 64.4 Å². The number of aromatic nitrogens is 1. The molecule has 0 aromatic carbocycles. The van der Waals surface area contributed by atoms with Crippen LogP contribution in [0, 0.1) is 5.41 Å². The lowest BCUT2D eigenvalue weighted by atomic mass is 9.74. The van der Waals surface area contributed by atoms with Crippen molar-refractivity contribution in [2.24, 2.45) is 5.41 Å². The molecule has 2 atom stereocenters. The van der Waals surface area contributed by atoms with Gasteiger partial charge in [-0.25, -0.2) is 0 Å². The fourth-order valence-corrected chi connectivity index (χ4v) is 4.26. The molecule has 166 valence electrons. The summed E-state index contributed by atoms with van der Waals surface area (Å²) in [4.78, 5) is 33.7. The molecule has 0 aliphatic carbocycles. The molecular formula is C22H33N3O5. The van der Waals surface area contributed by atoms with E-state index in [0.717, 1.165) is 38.8 Å². The maximum absolute atomic E-state index is 12.9. The Bertz CT molecular complexity index is 706. The number of carbonyl (C=O) groups excluding carboxylic acids is 2. The molecule has 2 aliphatic rings. The topological polar surface area (TPSA) is 103 Å². The lowest BCUT2D eigenvalue weighted by molar-refractivity contribution is -0.164. The van der Waals surface area contributed by atoms with Crippen LogP contribution in [0.15, 0.2) is 24.5 Å². The second kappa shape index (κ2) is 10.3. The predicted octanol–water partition coefficient (Wildman–Crippen LogP) is 1.07. The number of esters is 1. The van der Waals surface area contributed by atoms with Crippen molar-refractivity contribution in [2.75, 3.05) is 39.8 Å². The summed E-state index contributed by atoms with van der Waals surface area (Å²) >= 11 is 0. The number of pyridine rings is 1. The highest BCUT2D eigenvalue weighted by Crippen LogP contribution is 2.38. The van der Waals surface area contributed by atoms with Crippen LogP contribution in [-0.2, 0) is 9.53 Å². The van der Waals surface area contributed by atoms with Crippen molar-refractivity contribution in [3.05, 3.63) is 30.1 Å². The van der Waals surface area contributed by atoms with Crippen molar-refractivity contribution in [1.29, 1.82) is 0 Å². The fourth-order valence-electron chi connectivity index (χ4n) is 4.26. The third-order valence-electron chi connectivity index (χ3n) is 6.43. The highest BCUT2D eigenvalue weighted by atomic mass is 16.5. The first-order valence-electron chi connectivity index (χ1n) is 10.8. The van der Waals surface area contributed by atoms with Crippen molar-refractivity contribution >= 4 is 11.9 Å². The summed E-state index contributed by atoms with van der Waals surface area (Å²) in [7, 11) is 2.04. The molecule has 2 fully saturated rings. The van der Waals surface area contributed by atoms with E-state index in [9.17, 15) is 19.8 Å².